The Hall–Kier alpha value is -3.61. The normalized spacial score (nSPS) is 13.8. The molecule has 2 heterocycles. The van der Waals surface area contributed by atoms with Crippen LogP contribution in [0, 0.1) is 17.2 Å². The maximum Gasteiger partial charge on any atom is 0.419 e. The van der Waals surface area contributed by atoms with E-state index in [0.717, 1.165) is 18.9 Å². The number of rotatable bonds is 8. The van der Waals surface area contributed by atoms with Gasteiger partial charge in [-0.15, -0.1) is 0 Å². The van der Waals surface area contributed by atoms with E-state index in [2.05, 4.69) is 9.97 Å². The van der Waals surface area contributed by atoms with Gasteiger partial charge in [-0.1, -0.05) is 13.8 Å². The standard InChI is InChI=1S/C25H26F3N5O2/c1-15(2)24(34)33(17-6-7-17)9-4-10-35-22-8-5-16(11-18(22)25(26,27)28)19-12-21-23(20(13-29)31-19)30-14-32(21)3/h5,8,11-12,14-15,17H,4,6-7,9-10H2,1-3H3. The number of amides is 1. The number of imidazole rings is 1. The van der Waals surface area contributed by atoms with E-state index in [4.69, 9.17) is 4.74 Å². The molecule has 0 radical (unpaired) electrons. The van der Waals surface area contributed by atoms with Gasteiger partial charge in [-0.25, -0.2) is 9.97 Å². The number of benzene rings is 1. The van der Waals surface area contributed by atoms with Crippen LogP contribution in [0.1, 0.15) is 44.4 Å². The minimum Gasteiger partial charge on any atom is -0.493 e. The van der Waals surface area contributed by atoms with E-state index < -0.39 is 11.7 Å². The molecule has 10 heteroatoms. The van der Waals surface area contributed by atoms with Crippen LogP contribution in [0.3, 0.4) is 0 Å². The van der Waals surface area contributed by atoms with E-state index in [1.807, 2.05) is 24.8 Å². The van der Waals surface area contributed by atoms with Crippen LogP contribution < -0.4 is 4.74 Å². The predicted octanol–water partition coefficient (Wildman–Crippen LogP) is 4.94. The van der Waals surface area contributed by atoms with Crippen molar-refractivity contribution in [2.24, 2.45) is 13.0 Å². The van der Waals surface area contributed by atoms with Crippen molar-refractivity contribution in [3.8, 4) is 23.1 Å². The summed E-state index contributed by atoms with van der Waals surface area (Å²) in [5, 5.41) is 9.42. The van der Waals surface area contributed by atoms with Gasteiger partial charge in [0.2, 0.25) is 5.91 Å². The molecule has 1 fully saturated rings. The molecule has 2 aromatic heterocycles. The fourth-order valence-corrected chi connectivity index (χ4v) is 4.00. The lowest BCUT2D eigenvalue weighted by Crippen LogP contribution is -2.37. The molecule has 0 N–H and O–H groups in total. The van der Waals surface area contributed by atoms with Crippen molar-refractivity contribution in [2.45, 2.75) is 45.3 Å². The van der Waals surface area contributed by atoms with E-state index in [-0.39, 0.29) is 47.2 Å². The highest BCUT2D eigenvalue weighted by atomic mass is 19.4. The number of carbonyl (C=O) groups is 1. The van der Waals surface area contributed by atoms with Crippen LogP contribution in [0.2, 0.25) is 0 Å². The van der Waals surface area contributed by atoms with E-state index in [9.17, 15) is 23.2 Å². The summed E-state index contributed by atoms with van der Waals surface area (Å²) >= 11 is 0. The first-order valence-electron chi connectivity index (χ1n) is 11.5. The molecule has 184 valence electrons. The van der Waals surface area contributed by atoms with Crippen LogP contribution >= 0.6 is 0 Å². The van der Waals surface area contributed by atoms with E-state index in [1.165, 1.54) is 18.5 Å². The lowest BCUT2D eigenvalue weighted by molar-refractivity contribution is -0.138. The van der Waals surface area contributed by atoms with Gasteiger partial charge in [0.1, 0.15) is 17.3 Å². The Morgan fingerprint density at radius 1 is 1.31 bits per heavy atom. The molecule has 0 spiro atoms. The summed E-state index contributed by atoms with van der Waals surface area (Å²) in [5.41, 5.74) is 0.567. The summed E-state index contributed by atoms with van der Waals surface area (Å²) in [7, 11) is 1.73. The molecule has 1 aromatic carbocycles. The molecule has 35 heavy (non-hydrogen) atoms. The number of alkyl halides is 3. The SMILES string of the molecule is CC(C)C(=O)N(CCCOc1ccc(-c2cc3c(ncn3C)c(C#N)n2)cc1C(F)(F)F)C1CC1. The molecule has 0 saturated heterocycles. The monoisotopic (exact) mass is 485 g/mol. The van der Waals surface area contributed by atoms with Gasteiger partial charge in [0.25, 0.3) is 0 Å². The molecule has 1 aliphatic rings. The number of pyridine rings is 1. The fourth-order valence-electron chi connectivity index (χ4n) is 4.00. The third-order valence-corrected chi connectivity index (χ3v) is 5.96. The second kappa shape index (κ2) is 9.56. The smallest absolute Gasteiger partial charge is 0.419 e. The second-order valence-corrected chi connectivity index (χ2v) is 9.02. The minimum absolute atomic E-state index is 0.0446. The highest BCUT2D eigenvalue weighted by Gasteiger charge is 2.35. The molecular weight excluding hydrogens is 459 g/mol. The zero-order chi connectivity index (χ0) is 25.3. The Kier molecular flexibility index (Phi) is 6.70. The highest BCUT2D eigenvalue weighted by molar-refractivity contribution is 5.84. The van der Waals surface area contributed by atoms with Gasteiger partial charge in [0.15, 0.2) is 5.69 Å². The quantitative estimate of drug-likeness (QED) is 0.422. The van der Waals surface area contributed by atoms with Crippen molar-refractivity contribution >= 4 is 16.9 Å². The topological polar surface area (TPSA) is 84.0 Å². The van der Waals surface area contributed by atoms with Crippen LogP contribution in [0.15, 0.2) is 30.6 Å². The van der Waals surface area contributed by atoms with Crippen LogP contribution in [0.4, 0.5) is 13.2 Å². The Labute approximate surface area is 201 Å². The molecule has 1 saturated carbocycles. The maximum atomic E-state index is 13.9. The summed E-state index contributed by atoms with van der Waals surface area (Å²) in [6, 6.07) is 7.56. The number of hydrogen-bond acceptors (Lipinski definition) is 5. The minimum atomic E-state index is -4.65. The highest BCUT2D eigenvalue weighted by Crippen LogP contribution is 2.39. The number of fused-ring (bicyclic) bond motifs is 1. The number of hydrogen-bond donors (Lipinski definition) is 0. The van der Waals surface area contributed by atoms with Gasteiger partial charge >= 0.3 is 6.18 Å². The summed E-state index contributed by atoms with van der Waals surface area (Å²) < 4.78 is 48.9. The average molecular weight is 486 g/mol. The summed E-state index contributed by atoms with van der Waals surface area (Å²) in [6.07, 6.45) is -0.767. The second-order valence-electron chi connectivity index (χ2n) is 9.02. The number of halogens is 3. The van der Waals surface area contributed by atoms with E-state index in [0.29, 0.717) is 24.0 Å². The Bertz CT molecular complexity index is 1290. The summed E-state index contributed by atoms with van der Waals surface area (Å²) in [4.78, 5) is 22.6. The van der Waals surface area contributed by atoms with E-state index >= 15 is 0 Å². The molecule has 1 amide bonds. The molecule has 7 nitrogen and oxygen atoms in total. The van der Waals surface area contributed by atoms with Crippen molar-refractivity contribution in [3.63, 3.8) is 0 Å². The summed E-state index contributed by atoms with van der Waals surface area (Å²) in [5.74, 6) is -0.347. The van der Waals surface area contributed by atoms with Gasteiger partial charge in [0.05, 0.1) is 29.7 Å². The third kappa shape index (κ3) is 5.24. The molecule has 0 aliphatic heterocycles. The van der Waals surface area contributed by atoms with Crippen molar-refractivity contribution in [2.75, 3.05) is 13.2 Å². The van der Waals surface area contributed by atoms with Gasteiger partial charge < -0.3 is 14.2 Å². The number of nitriles is 1. The number of nitrogens with zero attached hydrogens (tertiary/aromatic N) is 5. The largest absolute Gasteiger partial charge is 0.493 e. The molecular formula is C25H26F3N5O2. The average Bonchev–Trinajstić information content (AvgIpc) is 3.59. The Morgan fingerprint density at radius 2 is 2.06 bits per heavy atom. The molecule has 1 aliphatic carbocycles. The Morgan fingerprint density at radius 3 is 2.69 bits per heavy atom. The van der Waals surface area contributed by atoms with Gasteiger partial charge in [-0.2, -0.15) is 18.4 Å². The van der Waals surface area contributed by atoms with Gasteiger partial charge in [0, 0.05) is 31.1 Å². The number of ether oxygens (including phenoxy) is 1. The van der Waals surface area contributed by atoms with Crippen molar-refractivity contribution in [1.29, 1.82) is 5.26 Å². The first-order valence-corrected chi connectivity index (χ1v) is 11.5. The van der Waals surface area contributed by atoms with E-state index in [1.54, 1.807) is 17.7 Å². The number of aryl methyl sites for hydroxylation is 1. The van der Waals surface area contributed by atoms with Crippen LogP contribution in [0.5, 0.6) is 5.75 Å². The van der Waals surface area contributed by atoms with Crippen molar-refractivity contribution in [1.82, 2.24) is 19.4 Å². The molecule has 0 unspecified atom stereocenters. The number of carbonyl (C=O) groups excluding carboxylic acids is 1. The Balaban J connectivity index is 1.54. The molecule has 3 aromatic rings. The van der Waals surface area contributed by atoms with Crippen molar-refractivity contribution < 1.29 is 22.7 Å². The first-order chi connectivity index (χ1) is 16.6. The fraction of sp³-hybridized carbons (Fsp3) is 0.440. The number of aromatic nitrogens is 3. The van der Waals surface area contributed by atoms with Crippen molar-refractivity contribution in [3.05, 3.63) is 41.9 Å². The first kappa shape index (κ1) is 24.5. The molecule has 4 rings (SSSR count). The predicted molar refractivity (Wildman–Crippen MR) is 123 cm³/mol. The lowest BCUT2D eigenvalue weighted by Gasteiger charge is -2.24. The lowest BCUT2D eigenvalue weighted by atomic mass is 10.1. The third-order valence-electron chi connectivity index (χ3n) is 5.96. The molecule has 0 bridgehead atoms. The zero-order valence-corrected chi connectivity index (χ0v) is 19.8. The summed E-state index contributed by atoms with van der Waals surface area (Å²) in [6.45, 7) is 4.18. The molecule has 0 atom stereocenters. The van der Waals surface area contributed by atoms with Gasteiger partial charge in [-0.3, -0.25) is 4.79 Å². The zero-order valence-electron chi connectivity index (χ0n) is 19.8. The van der Waals surface area contributed by atoms with Crippen LogP contribution in [-0.2, 0) is 18.0 Å². The maximum absolute atomic E-state index is 13.9. The van der Waals surface area contributed by atoms with Gasteiger partial charge in [-0.05, 0) is 43.5 Å². The van der Waals surface area contributed by atoms with Crippen LogP contribution in [-0.4, -0.2) is 44.5 Å². The van der Waals surface area contributed by atoms with Crippen LogP contribution in [0.25, 0.3) is 22.3 Å².